The first-order valence-corrected chi connectivity index (χ1v) is 15.1. The molecule has 0 saturated carbocycles. The van der Waals surface area contributed by atoms with Crippen LogP contribution in [0.15, 0.2) is 41.8 Å². The number of benzene rings is 1. The van der Waals surface area contributed by atoms with Gasteiger partial charge in [-0.3, -0.25) is 9.59 Å². The third kappa shape index (κ3) is 14.8. The average Bonchev–Trinajstić information content (AvgIpc) is 2.79. The molecule has 38 heavy (non-hydrogen) atoms. The van der Waals surface area contributed by atoms with Gasteiger partial charge in [-0.2, -0.15) is 0 Å². The Labute approximate surface area is 228 Å². The molecule has 10 heteroatoms. The van der Waals surface area contributed by atoms with Crippen molar-refractivity contribution in [3.05, 3.63) is 47.4 Å². The maximum atomic E-state index is 13.3. The van der Waals surface area contributed by atoms with Crippen LogP contribution in [0.5, 0.6) is 0 Å². The van der Waals surface area contributed by atoms with Crippen LogP contribution in [0.4, 0.5) is 4.79 Å². The highest BCUT2D eigenvalue weighted by molar-refractivity contribution is 7.93. The molecule has 3 atom stereocenters. The monoisotopic (exact) mass is 551 g/mol. The molecule has 0 aliphatic carbocycles. The summed E-state index contributed by atoms with van der Waals surface area (Å²) in [6.45, 7) is 11.7. The van der Waals surface area contributed by atoms with Crippen molar-refractivity contribution >= 4 is 27.7 Å². The summed E-state index contributed by atoms with van der Waals surface area (Å²) in [7, 11) is -3.36. The van der Waals surface area contributed by atoms with E-state index in [-0.39, 0.29) is 24.4 Å². The van der Waals surface area contributed by atoms with Crippen LogP contribution in [0.1, 0.15) is 66.4 Å². The Balaban J connectivity index is 2.97. The van der Waals surface area contributed by atoms with Crippen molar-refractivity contribution < 1.29 is 27.5 Å². The molecule has 0 aliphatic rings. The number of ether oxygens (including phenoxy) is 1. The molecule has 1 rings (SSSR count). The molecule has 1 aromatic rings. The standard InChI is InChI=1S/C28H45N3O6S/c1-19(2)15-23(13-14-38(7,35)36)29-26(32)24(16-20(3)4)30-27(33)25(17-21(5)6)31-28(34)37-18-22-11-9-8-10-12-22/h8-14,19-21,23-25H,15-18H2,1-7H3,(H,29,32)(H,30,33)(H,31,34)/b14-13-/t23-,24+,25+/m1/s1. The highest BCUT2D eigenvalue weighted by atomic mass is 32.2. The minimum Gasteiger partial charge on any atom is -0.445 e. The number of hydrogen-bond donors (Lipinski definition) is 3. The number of carbonyl (C=O) groups excluding carboxylic acids is 3. The zero-order chi connectivity index (χ0) is 28.9. The summed E-state index contributed by atoms with van der Waals surface area (Å²) in [5.41, 5.74) is 0.821. The Morgan fingerprint density at radius 1 is 0.789 bits per heavy atom. The summed E-state index contributed by atoms with van der Waals surface area (Å²) in [4.78, 5) is 38.9. The van der Waals surface area contributed by atoms with Gasteiger partial charge in [0.2, 0.25) is 11.8 Å². The first-order valence-electron chi connectivity index (χ1n) is 13.1. The maximum Gasteiger partial charge on any atom is 0.408 e. The highest BCUT2D eigenvalue weighted by Gasteiger charge is 2.29. The molecule has 3 amide bonds. The SMILES string of the molecule is CC(C)C[C@@H](/C=C\S(C)(=O)=O)NC(=O)[C@H](CC(C)C)NC(=O)[C@H](CC(C)C)NC(=O)OCc1ccccc1. The van der Waals surface area contributed by atoms with Crippen molar-refractivity contribution in [2.45, 2.75) is 85.5 Å². The molecule has 3 N–H and O–H groups in total. The summed E-state index contributed by atoms with van der Waals surface area (Å²) in [6, 6.07) is 6.95. The molecule has 1 aromatic carbocycles. The first-order chi connectivity index (χ1) is 17.7. The minimum absolute atomic E-state index is 0.0688. The molecule has 0 spiro atoms. The van der Waals surface area contributed by atoms with Crippen LogP contribution in [0.25, 0.3) is 0 Å². The molecule has 0 radical (unpaired) electrons. The molecule has 0 unspecified atom stereocenters. The van der Waals surface area contributed by atoms with Crippen LogP contribution >= 0.6 is 0 Å². The molecular formula is C28H45N3O6S. The van der Waals surface area contributed by atoms with Crippen molar-refractivity contribution in [3.63, 3.8) is 0 Å². The van der Waals surface area contributed by atoms with Gasteiger partial charge >= 0.3 is 6.09 Å². The van der Waals surface area contributed by atoms with Gasteiger partial charge < -0.3 is 20.7 Å². The van der Waals surface area contributed by atoms with Gasteiger partial charge in [0.25, 0.3) is 0 Å². The molecule has 9 nitrogen and oxygen atoms in total. The Hall–Kier alpha value is -2.88. The predicted molar refractivity (Wildman–Crippen MR) is 150 cm³/mol. The lowest BCUT2D eigenvalue weighted by molar-refractivity contribution is -0.130. The van der Waals surface area contributed by atoms with Crippen molar-refractivity contribution in [3.8, 4) is 0 Å². The zero-order valence-electron chi connectivity index (χ0n) is 23.7. The molecule has 0 saturated heterocycles. The zero-order valence-corrected chi connectivity index (χ0v) is 24.5. The van der Waals surface area contributed by atoms with Gasteiger partial charge in [0.1, 0.15) is 18.7 Å². The average molecular weight is 552 g/mol. The molecule has 0 fully saturated rings. The van der Waals surface area contributed by atoms with Crippen LogP contribution in [-0.2, 0) is 30.8 Å². The van der Waals surface area contributed by atoms with Gasteiger partial charge in [0, 0.05) is 17.7 Å². The molecule has 214 valence electrons. The van der Waals surface area contributed by atoms with Crippen molar-refractivity contribution in [2.24, 2.45) is 17.8 Å². The van der Waals surface area contributed by atoms with Crippen LogP contribution in [0.2, 0.25) is 0 Å². The number of nitrogens with one attached hydrogen (secondary N) is 3. The normalized spacial score (nSPS) is 14.4. The molecule has 0 heterocycles. The fraction of sp³-hybridized carbons (Fsp3) is 0.607. The number of carbonyl (C=O) groups is 3. The topological polar surface area (TPSA) is 131 Å². The smallest absolute Gasteiger partial charge is 0.408 e. The lowest BCUT2D eigenvalue weighted by Gasteiger charge is -2.26. The molecule has 0 aliphatic heterocycles. The minimum atomic E-state index is -3.36. The van der Waals surface area contributed by atoms with Crippen LogP contribution < -0.4 is 16.0 Å². The number of amides is 3. The second-order valence-corrected chi connectivity index (χ2v) is 12.9. The lowest BCUT2D eigenvalue weighted by atomic mass is 9.99. The van der Waals surface area contributed by atoms with E-state index in [1.54, 1.807) is 0 Å². The number of rotatable bonds is 15. The summed E-state index contributed by atoms with van der Waals surface area (Å²) in [6.07, 6.45) is 3.09. The second-order valence-electron chi connectivity index (χ2n) is 11.0. The molecule has 0 bridgehead atoms. The van der Waals surface area contributed by atoms with Crippen molar-refractivity contribution in [1.29, 1.82) is 0 Å². The van der Waals surface area contributed by atoms with E-state index in [2.05, 4.69) is 16.0 Å². The summed E-state index contributed by atoms with van der Waals surface area (Å²) in [5, 5.41) is 9.39. The van der Waals surface area contributed by atoms with E-state index in [0.29, 0.717) is 19.3 Å². The number of alkyl carbamates (subject to hydrolysis) is 1. The van der Waals surface area contributed by atoms with Gasteiger partial charge in [-0.1, -0.05) is 78.0 Å². The van der Waals surface area contributed by atoms with E-state index in [1.807, 2.05) is 71.9 Å². The Bertz CT molecular complexity index is 1020. The number of sulfone groups is 1. The van der Waals surface area contributed by atoms with Gasteiger partial charge in [-0.15, -0.1) is 0 Å². The van der Waals surface area contributed by atoms with E-state index >= 15 is 0 Å². The largest absolute Gasteiger partial charge is 0.445 e. The number of hydrogen-bond acceptors (Lipinski definition) is 6. The third-order valence-electron chi connectivity index (χ3n) is 5.48. The van der Waals surface area contributed by atoms with E-state index in [0.717, 1.165) is 17.2 Å². The lowest BCUT2D eigenvalue weighted by Crippen LogP contribution is -2.55. The van der Waals surface area contributed by atoms with E-state index in [4.69, 9.17) is 4.74 Å². The molecular weight excluding hydrogens is 506 g/mol. The summed E-state index contributed by atoms with van der Waals surface area (Å²) < 4.78 is 28.5. The fourth-order valence-corrected chi connectivity index (χ4v) is 4.27. The third-order valence-corrected chi connectivity index (χ3v) is 6.13. The van der Waals surface area contributed by atoms with E-state index in [1.165, 1.54) is 6.08 Å². The van der Waals surface area contributed by atoms with E-state index in [9.17, 15) is 22.8 Å². The van der Waals surface area contributed by atoms with Crippen LogP contribution in [0.3, 0.4) is 0 Å². The Morgan fingerprint density at radius 2 is 1.29 bits per heavy atom. The van der Waals surface area contributed by atoms with Gasteiger partial charge in [0.15, 0.2) is 9.84 Å². The van der Waals surface area contributed by atoms with Crippen LogP contribution in [-0.4, -0.2) is 50.7 Å². The van der Waals surface area contributed by atoms with Gasteiger partial charge in [-0.05, 0) is 42.6 Å². The van der Waals surface area contributed by atoms with Gasteiger partial charge in [0.05, 0.1) is 0 Å². The van der Waals surface area contributed by atoms with Crippen molar-refractivity contribution in [2.75, 3.05) is 6.26 Å². The maximum absolute atomic E-state index is 13.3. The molecule has 0 aromatic heterocycles. The van der Waals surface area contributed by atoms with Gasteiger partial charge in [-0.25, -0.2) is 13.2 Å². The Morgan fingerprint density at radius 3 is 1.79 bits per heavy atom. The van der Waals surface area contributed by atoms with Crippen LogP contribution in [0, 0.1) is 17.8 Å². The van der Waals surface area contributed by atoms with Crippen molar-refractivity contribution in [1.82, 2.24) is 16.0 Å². The second kappa shape index (κ2) is 16.2. The quantitative estimate of drug-likeness (QED) is 0.303. The predicted octanol–water partition coefficient (Wildman–Crippen LogP) is 3.95. The fourth-order valence-electron chi connectivity index (χ4n) is 3.80. The summed E-state index contributed by atoms with van der Waals surface area (Å²) in [5.74, 6) is -0.513. The van der Waals surface area contributed by atoms with E-state index < -0.39 is 45.9 Å². The Kier molecular flexibility index (Phi) is 14.1. The summed E-state index contributed by atoms with van der Waals surface area (Å²) >= 11 is 0. The first kappa shape index (κ1) is 33.1. The highest BCUT2D eigenvalue weighted by Crippen LogP contribution is 2.12.